The van der Waals surface area contributed by atoms with Crippen LogP contribution >= 0.6 is 11.3 Å². The Morgan fingerprint density at radius 3 is 2.29 bits per heavy atom. The lowest BCUT2D eigenvalue weighted by molar-refractivity contribution is 1.13. The van der Waals surface area contributed by atoms with Crippen LogP contribution in [0.1, 0.15) is 40.5 Å². The molecule has 1 heterocycles. The highest BCUT2D eigenvalue weighted by molar-refractivity contribution is 7.17. The highest BCUT2D eigenvalue weighted by atomic mass is 32.1. The Labute approximate surface area is 108 Å². The molecule has 0 fully saturated rings. The van der Waals surface area contributed by atoms with E-state index < -0.39 is 0 Å². The van der Waals surface area contributed by atoms with Gasteiger partial charge in [-0.2, -0.15) is 0 Å². The molecule has 0 saturated carbocycles. The molecule has 0 bridgehead atoms. The van der Waals surface area contributed by atoms with Crippen molar-refractivity contribution in [2.75, 3.05) is 0 Å². The van der Waals surface area contributed by atoms with E-state index in [0.29, 0.717) is 0 Å². The third-order valence-corrected chi connectivity index (χ3v) is 3.69. The van der Waals surface area contributed by atoms with E-state index >= 15 is 0 Å². The van der Waals surface area contributed by atoms with Crippen LogP contribution in [0.25, 0.3) is 22.2 Å². The fourth-order valence-corrected chi connectivity index (χ4v) is 3.06. The van der Waals surface area contributed by atoms with Gasteiger partial charge in [0.15, 0.2) is 0 Å². The van der Waals surface area contributed by atoms with Gasteiger partial charge in [-0.3, -0.25) is 0 Å². The fourth-order valence-electron chi connectivity index (χ4n) is 1.89. The van der Waals surface area contributed by atoms with E-state index in [1.54, 1.807) is 0 Å². The van der Waals surface area contributed by atoms with Crippen molar-refractivity contribution in [3.8, 4) is 0 Å². The Morgan fingerprint density at radius 2 is 1.53 bits per heavy atom. The van der Waals surface area contributed by atoms with E-state index in [2.05, 4.69) is 36.4 Å². The molecule has 0 atom stereocenters. The van der Waals surface area contributed by atoms with Gasteiger partial charge in [0.2, 0.25) is 0 Å². The summed E-state index contributed by atoms with van der Waals surface area (Å²) in [4.78, 5) is 0. The number of hydrogen-bond donors (Lipinski definition) is 0. The van der Waals surface area contributed by atoms with Gasteiger partial charge in [-0.15, -0.1) is 11.3 Å². The molecule has 0 spiro atoms. The molecule has 2 aromatic rings. The summed E-state index contributed by atoms with van der Waals surface area (Å²) in [5, 5.41) is 2.89. The van der Waals surface area contributed by atoms with Crippen LogP contribution < -0.4 is 9.75 Å². The van der Waals surface area contributed by atoms with Gasteiger partial charge in [-0.05, 0) is 29.5 Å². The summed E-state index contributed by atoms with van der Waals surface area (Å²) >= 11 is 1.91. The standard InChI is InChI=1S/C12H10S.2C2H6/c1-3-7-11-9(5-1)10-6-2-4-8-12(10)13-11;2*1-2/h1,3,5-8H,2,4H2;2*1-2H3. The van der Waals surface area contributed by atoms with Crippen LogP contribution in [0.2, 0.25) is 0 Å². The molecule has 0 unspecified atom stereocenters. The molecule has 17 heavy (non-hydrogen) atoms. The smallest absolute Gasteiger partial charge is 0.0355 e. The maximum atomic E-state index is 2.37. The van der Waals surface area contributed by atoms with E-state index in [4.69, 9.17) is 0 Å². The molecule has 0 amide bonds. The fraction of sp³-hybridized carbons (Fsp3) is 0.375. The molecule has 0 nitrogen and oxygen atoms in total. The van der Waals surface area contributed by atoms with Gasteiger partial charge in [0.05, 0.1) is 0 Å². The molecule has 0 radical (unpaired) electrons. The number of hydrogen-bond acceptors (Lipinski definition) is 1. The molecule has 3 rings (SSSR count). The molecular weight excluding hydrogens is 224 g/mol. The van der Waals surface area contributed by atoms with Gasteiger partial charge in [-0.25, -0.2) is 0 Å². The maximum absolute atomic E-state index is 2.37. The Morgan fingerprint density at radius 1 is 0.882 bits per heavy atom. The first-order chi connectivity index (χ1) is 8.45. The Balaban J connectivity index is 0.000000330. The Bertz CT molecular complexity index is 561. The van der Waals surface area contributed by atoms with Gasteiger partial charge < -0.3 is 0 Å². The summed E-state index contributed by atoms with van der Waals surface area (Å²) in [6, 6.07) is 8.67. The zero-order chi connectivity index (χ0) is 12.7. The largest absolute Gasteiger partial charge is 0.136 e. The van der Waals surface area contributed by atoms with Gasteiger partial charge in [0.25, 0.3) is 0 Å². The summed E-state index contributed by atoms with van der Waals surface area (Å²) in [6.45, 7) is 8.00. The lowest BCUT2D eigenvalue weighted by Gasteiger charge is -1.92. The normalized spacial score (nSPS) is 12.0. The van der Waals surface area contributed by atoms with E-state index in [1.807, 2.05) is 39.0 Å². The minimum atomic E-state index is 1.20. The second-order valence-electron chi connectivity index (χ2n) is 3.36. The minimum absolute atomic E-state index is 1.20. The predicted octanol–water partition coefficient (Wildman–Crippen LogP) is 4.31. The second-order valence-corrected chi connectivity index (χ2v) is 4.45. The van der Waals surface area contributed by atoms with Crippen molar-refractivity contribution < 1.29 is 0 Å². The molecular formula is C16H22S. The van der Waals surface area contributed by atoms with E-state index in [1.165, 1.54) is 32.7 Å². The van der Waals surface area contributed by atoms with Crippen molar-refractivity contribution in [2.45, 2.75) is 40.5 Å². The average Bonchev–Trinajstić information content (AvgIpc) is 2.82. The lowest BCUT2D eigenvalue weighted by Crippen LogP contribution is -2.20. The lowest BCUT2D eigenvalue weighted by atomic mass is 10.1. The van der Waals surface area contributed by atoms with Crippen LogP contribution in [0.4, 0.5) is 0 Å². The summed E-state index contributed by atoms with van der Waals surface area (Å²) in [5.41, 5.74) is 0. The highest BCUT2D eigenvalue weighted by Gasteiger charge is 2.01. The predicted molar refractivity (Wildman–Crippen MR) is 81.9 cm³/mol. The van der Waals surface area contributed by atoms with Gasteiger partial charge >= 0.3 is 0 Å². The van der Waals surface area contributed by atoms with E-state index in [0.717, 1.165) is 0 Å². The zero-order valence-electron chi connectivity index (χ0n) is 11.3. The SMILES string of the molecule is C1=c2sc3ccccc3c2=CCC1.CC.CC. The molecule has 0 N–H and O–H groups in total. The van der Waals surface area contributed by atoms with Crippen molar-refractivity contribution in [1.82, 2.24) is 0 Å². The Kier molecular flexibility index (Phi) is 5.99. The zero-order valence-corrected chi connectivity index (χ0v) is 12.1. The van der Waals surface area contributed by atoms with Crippen LogP contribution in [0.5, 0.6) is 0 Å². The van der Waals surface area contributed by atoms with Crippen LogP contribution in [0.3, 0.4) is 0 Å². The van der Waals surface area contributed by atoms with Gasteiger partial charge in [-0.1, -0.05) is 58.0 Å². The van der Waals surface area contributed by atoms with Crippen molar-refractivity contribution >= 4 is 33.6 Å². The molecule has 0 saturated heterocycles. The van der Waals surface area contributed by atoms with Crippen molar-refractivity contribution in [2.24, 2.45) is 0 Å². The monoisotopic (exact) mass is 246 g/mol. The van der Waals surface area contributed by atoms with Crippen LogP contribution in [0, 0.1) is 0 Å². The number of thiophene rings is 1. The highest BCUT2D eigenvalue weighted by Crippen LogP contribution is 2.13. The van der Waals surface area contributed by atoms with Crippen molar-refractivity contribution in [3.05, 3.63) is 34.0 Å². The third kappa shape index (κ3) is 2.98. The maximum Gasteiger partial charge on any atom is 0.0355 e. The first-order valence-electron chi connectivity index (χ1n) is 6.63. The summed E-state index contributed by atoms with van der Waals surface area (Å²) in [7, 11) is 0. The Hall–Kier alpha value is -1.08. The molecule has 1 aromatic heterocycles. The summed E-state index contributed by atoms with van der Waals surface area (Å²) in [5.74, 6) is 0. The molecule has 1 aliphatic rings. The number of benzene rings is 1. The number of fused-ring (bicyclic) bond motifs is 3. The van der Waals surface area contributed by atoms with Crippen LogP contribution in [-0.4, -0.2) is 0 Å². The molecule has 1 aromatic carbocycles. The molecule has 0 aliphatic heterocycles. The minimum Gasteiger partial charge on any atom is -0.136 e. The summed E-state index contributed by atoms with van der Waals surface area (Å²) < 4.78 is 2.88. The third-order valence-electron chi connectivity index (χ3n) is 2.51. The first kappa shape index (κ1) is 14.0. The molecule has 92 valence electrons. The van der Waals surface area contributed by atoms with Gasteiger partial charge in [0.1, 0.15) is 0 Å². The van der Waals surface area contributed by atoms with Crippen molar-refractivity contribution in [3.63, 3.8) is 0 Å². The molecule has 1 heteroatoms. The van der Waals surface area contributed by atoms with Crippen molar-refractivity contribution in [1.29, 1.82) is 0 Å². The first-order valence-corrected chi connectivity index (χ1v) is 7.45. The second kappa shape index (κ2) is 7.29. The topological polar surface area (TPSA) is 0 Å². The average molecular weight is 246 g/mol. The van der Waals surface area contributed by atoms with Gasteiger partial charge in [0, 0.05) is 9.23 Å². The van der Waals surface area contributed by atoms with Crippen LogP contribution in [0.15, 0.2) is 24.3 Å². The van der Waals surface area contributed by atoms with E-state index in [9.17, 15) is 0 Å². The number of rotatable bonds is 0. The summed E-state index contributed by atoms with van der Waals surface area (Å²) in [6.07, 6.45) is 7.14. The van der Waals surface area contributed by atoms with E-state index in [-0.39, 0.29) is 0 Å². The molecule has 1 aliphatic carbocycles. The van der Waals surface area contributed by atoms with Crippen LogP contribution in [-0.2, 0) is 0 Å². The quantitative estimate of drug-likeness (QED) is 0.650.